The molecular formula is C8H13NO2. The van der Waals surface area contributed by atoms with Gasteiger partial charge in [0.1, 0.15) is 0 Å². The van der Waals surface area contributed by atoms with Crippen LogP contribution in [-0.4, -0.2) is 18.5 Å². The van der Waals surface area contributed by atoms with Gasteiger partial charge in [0.05, 0.1) is 24.7 Å². The predicted octanol–water partition coefficient (Wildman–Crippen LogP) is 1.30. The van der Waals surface area contributed by atoms with Crippen LogP contribution in [0.25, 0.3) is 0 Å². The van der Waals surface area contributed by atoms with Gasteiger partial charge in [0.15, 0.2) is 5.79 Å². The third kappa shape index (κ3) is 1.92. The summed E-state index contributed by atoms with van der Waals surface area (Å²) in [4.78, 5) is 0. The van der Waals surface area contributed by atoms with Gasteiger partial charge in [0, 0.05) is 0 Å². The molecule has 0 aromatic rings. The van der Waals surface area contributed by atoms with Gasteiger partial charge in [-0.2, -0.15) is 5.26 Å². The minimum atomic E-state index is -0.504. The quantitative estimate of drug-likeness (QED) is 0.573. The van der Waals surface area contributed by atoms with Crippen molar-refractivity contribution in [1.29, 1.82) is 5.26 Å². The molecular weight excluding hydrogens is 142 g/mol. The van der Waals surface area contributed by atoms with Gasteiger partial charge in [-0.1, -0.05) is 0 Å². The summed E-state index contributed by atoms with van der Waals surface area (Å²) in [5.74, 6) is -0.591. The van der Waals surface area contributed by atoms with Crippen LogP contribution in [-0.2, 0) is 9.47 Å². The number of ether oxygens (including phenoxy) is 2. The summed E-state index contributed by atoms with van der Waals surface area (Å²) in [6.45, 7) is 6.09. The molecule has 0 N–H and O–H groups in total. The van der Waals surface area contributed by atoms with E-state index in [0.29, 0.717) is 6.61 Å². The van der Waals surface area contributed by atoms with Gasteiger partial charge in [-0.3, -0.25) is 0 Å². The Morgan fingerprint density at radius 2 is 2.27 bits per heavy atom. The topological polar surface area (TPSA) is 42.2 Å². The lowest BCUT2D eigenvalue weighted by Crippen LogP contribution is -2.24. The summed E-state index contributed by atoms with van der Waals surface area (Å²) in [5, 5.41) is 8.58. The van der Waals surface area contributed by atoms with Gasteiger partial charge in [0.2, 0.25) is 0 Å². The van der Waals surface area contributed by atoms with Crippen LogP contribution >= 0.6 is 0 Å². The summed E-state index contributed by atoms with van der Waals surface area (Å²) < 4.78 is 10.8. The predicted molar refractivity (Wildman–Crippen MR) is 39.7 cm³/mol. The highest BCUT2D eigenvalue weighted by atomic mass is 16.7. The molecule has 1 saturated heterocycles. The minimum absolute atomic E-state index is 0.0602. The molecule has 3 nitrogen and oxygen atoms in total. The van der Waals surface area contributed by atoms with Crippen molar-refractivity contribution in [2.45, 2.75) is 32.7 Å². The molecule has 1 fully saturated rings. The van der Waals surface area contributed by atoms with Crippen LogP contribution in [0.2, 0.25) is 0 Å². The van der Waals surface area contributed by atoms with E-state index in [-0.39, 0.29) is 12.0 Å². The van der Waals surface area contributed by atoms with Crippen molar-refractivity contribution < 1.29 is 9.47 Å². The molecule has 0 aromatic carbocycles. The molecule has 1 heterocycles. The lowest BCUT2D eigenvalue weighted by Gasteiger charge is -2.17. The Kier molecular flexibility index (Phi) is 2.17. The summed E-state index contributed by atoms with van der Waals surface area (Å²) in [7, 11) is 0. The first kappa shape index (κ1) is 8.51. The van der Waals surface area contributed by atoms with Crippen LogP contribution in [0.1, 0.15) is 20.8 Å². The van der Waals surface area contributed by atoms with Gasteiger partial charge in [-0.05, 0) is 20.8 Å². The van der Waals surface area contributed by atoms with Crippen molar-refractivity contribution in [2.24, 2.45) is 5.92 Å². The van der Waals surface area contributed by atoms with Crippen LogP contribution in [0.4, 0.5) is 0 Å². The largest absolute Gasteiger partial charge is 0.348 e. The fourth-order valence-electron chi connectivity index (χ4n) is 1.04. The highest BCUT2D eigenvalue weighted by Crippen LogP contribution is 2.26. The fraction of sp³-hybridized carbons (Fsp3) is 0.875. The van der Waals surface area contributed by atoms with Crippen LogP contribution in [0.5, 0.6) is 0 Å². The Morgan fingerprint density at radius 1 is 1.64 bits per heavy atom. The molecule has 1 aliphatic heterocycles. The average molecular weight is 155 g/mol. The molecule has 0 radical (unpaired) electrons. The van der Waals surface area contributed by atoms with E-state index < -0.39 is 5.79 Å². The number of hydrogen-bond donors (Lipinski definition) is 0. The van der Waals surface area contributed by atoms with Crippen molar-refractivity contribution >= 4 is 0 Å². The third-order valence-corrected chi connectivity index (χ3v) is 1.79. The first-order chi connectivity index (χ1) is 5.05. The molecule has 0 bridgehead atoms. The molecule has 2 unspecified atom stereocenters. The molecule has 2 atom stereocenters. The smallest absolute Gasteiger partial charge is 0.163 e. The number of hydrogen-bond acceptors (Lipinski definition) is 3. The molecule has 0 spiro atoms. The second kappa shape index (κ2) is 2.80. The van der Waals surface area contributed by atoms with E-state index >= 15 is 0 Å². The van der Waals surface area contributed by atoms with E-state index in [1.807, 2.05) is 20.8 Å². The molecule has 62 valence electrons. The number of nitriles is 1. The summed E-state index contributed by atoms with van der Waals surface area (Å²) in [5.41, 5.74) is 0. The maximum absolute atomic E-state index is 8.58. The molecule has 0 aromatic heterocycles. The highest BCUT2D eigenvalue weighted by Gasteiger charge is 2.35. The average Bonchev–Trinajstić information content (AvgIpc) is 2.29. The number of nitrogens with zero attached hydrogens (tertiary/aromatic N) is 1. The van der Waals surface area contributed by atoms with E-state index in [1.165, 1.54) is 0 Å². The van der Waals surface area contributed by atoms with Crippen LogP contribution in [0.15, 0.2) is 0 Å². The summed E-state index contributed by atoms with van der Waals surface area (Å²) in [6.07, 6.45) is -0.0602. The van der Waals surface area contributed by atoms with Gasteiger partial charge in [-0.15, -0.1) is 0 Å². The Balaban J connectivity index is 2.50. The van der Waals surface area contributed by atoms with Crippen LogP contribution < -0.4 is 0 Å². The van der Waals surface area contributed by atoms with Crippen molar-refractivity contribution in [3.05, 3.63) is 0 Å². The van der Waals surface area contributed by atoms with Crippen molar-refractivity contribution in [1.82, 2.24) is 0 Å². The lowest BCUT2D eigenvalue weighted by atomic mass is 10.1. The van der Waals surface area contributed by atoms with E-state index in [2.05, 4.69) is 6.07 Å². The van der Waals surface area contributed by atoms with Gasteiger partial charge in [-0.25, -0.2) is 0 Å². The zero-order valence-electron chi connectivity index (χ0n) is 7.13. The fourth-order valence-corrected chi connectivity index (χ4v) is 1.04. The van der Waals surface area contributed by atoms with Crippen LogP contribution in [0, 0.1) is 17.2 Å². The Morgan fingerprint density at radius 3 is 2.64 bits per heavy atom. The van der Waals surface area contributed by atoms with Crippen molar-refractivity contribution in [3.63, 3.8) is 0 Å². The molecule has 3 heteroatoms. The zero-order valence-corrected chi connectivity index (χ0v) is 7.13. The van der Waals surface area contributed by atoms with Crippen molar-refractivity contribution in [2.75, 3.05) is 6.61 Å². The standard InChI is InChI=1S/C8H13NO2/c1-6(4-9)7-5-10-8(2,3)11-7/h6-7H,5H2,1-3H3. The van der Waals surface area contributed by atoms with E-state index in [9.17, 15) is 0 Å². The number of rotatable bonds is 1. The molecule has 11 heavy (non-hydrogen) atoms. The molecule has 0 amide bonds. The second-order valence-corrected chi connectivity index (χ2v) is 3.28. The maximum Gasteiger partial charge on any atom is 0.163 e. The maximum atomic E-state index is 8.58. The normalized spacial score (nSPS) is 31.3. The first-order valence-electron chi connectivity index (χ1n) is 3.76. The van der Waals surface area contributed by atoms with Gasteiger partial charge < -0.3 is 9.47 Å². The molecule has 1 aliphatic rings. The Bertz CT molecular complexity index is 183. The Hall–Kier alpha value is -0.590. The minimum Gasteiger partial charge on any atom is -0.348 e. The SMILES string of the molecule is CC(C#N)C1COC(C)(C)O1. The van der Waals surface area contributed by atoms with E-state index in [1.54, 1.807) is 0 Å². The monoisotopic (exact) mass is 155 g/mol. The second-order valence-electron chi connectivity index (χ2n) is 3.28. The van der Waals surface area contributed by atoms with Crippen molar-refractivity contribution in [3.8, 4) is 6.07 Å². The van der Waals surface area contributed by atoms with E-state index in [0.717, 1.165) is 0 Å². The molecule has 0 aliphatic carbocycles. The first-order valence-corrected chi connectivity index (χ1v) is 3.76. The Labute approximate surface area is 66.9 Å². The van der Waals surface area contributed by atoms with Gasteiger partial charge in [0.25, 0.3) is 0 Å². The summed E-state index contributed by atoms with van der Waals surface area (Å²) in [6, 6.07) is 2.14. The zero-order chi connectivity index (χ0) is 8.48. The van der Waals surface area contributed by atoms with E-state index in [4.69, 9.17) is 14.7 Å². The lowest BCUT2D eigenvalue weighted by molar-refractivity contribution is -0.141. The molecule has 0 saturated carbocycles. The highest BCUT2D eigenvalue weighted by molar-refractivity contribution is 4.88. The summed E-state index contributed by atoms with van der Waals surface area (Å²) >= 11 is 0. The molecule has 1 rings (SSSR count). The van der Waals surface area contributed by atoms with Crippen LogP contribution in [0.3, 0.4) is 0 Å². The third-order valence-electron chi connectivity index (χ3n) is 1.79. The van der Waals surface area contributed by atoms with Gasteiger partial charge >= 0.3 is 0 Å².